The van der Waals surface area contributed by atoms with E-state index in [1.54, 1.807) is 11.7 Å². The van der Waals surface area contributed by atoms with E-state index in [2.05, 4.69) is 0 Å². The molecule has 3 aromatic heterocycles. The lowest BCUT2D eigenvalue weighted by Gasteiger charge is -2.13. The van der Waals surface area contributed by atoms with Crippen molar-refractivity contribution >= 4 is 33.2 Å². The smallest absolute Gasteiger partial charge is 0.265 e. The van der Waals surface area contributed by atoms with E-state index in [-0.39, 0.29) is 5.56 Å². The van der Waals surface area contributed by atoms with Gasteiger partial charge in [-0.25, -0.2) is 15.0 Å². The van der Waals surface area contributed by atoms with Gasteiger partial charge in [-0.2, -0.15) is 0 Å². The quantitative estimate of drug-likeness (QED) is 0.365. The summed E-state index contributed by atoms with van der Waals surface area (Å²) in [6.45, 7) is 2.46. The fraction of sp³-hybridized carbons (Fsp3) is 0.143. The van der Waals surface area contributed by atoms with Crippen LogP contribution < -0.4 is 10.3 Å². The number of rotatable bonds is 5. The maximum atomic E-state index is 14.0. The number of hydrogen-bond acceptors (Lipinski definition) is 5. The maximum Gasteiger partial charge on any atom is 0.265 e. The summed E-state index contributed by atoms with van der Waals surface area (Å²) in [5.41, 5.74) is 4.91. The van der Waals surface area contributed by atoms with E-state index in [9.17, 15) is 4.79 Å². The van der Waals surface area contributed by atoms with Crippen molar-refractivity contribution in [3.05, 3.63) is 101 Å². The van der Waals surface area contributed by atoms with Gasteiger partial charge in [0.2, 0.25) is 0 Å². The Kier molecular flexibility index (Phi) is 5.03. The van der Waals surface area contributed by atoms with Crippen LogP contribution in [0.5, 0.6) is 5.75 Å². The van der Waals surface area contributed by atoms with Gasteiger partial charge in [0, 0.05) is 12.5 Å². The van der Waals surface area contributed by atoms with Gasteiger partial charge < -0.3 is 4.74 Å². The van der Waals surface area contributed by atoms with Crippen molar-refractivity contribution in [2.24, 2.45) is 0 Å². The minimum Gasteiger partial charge on any atom is -0.497 e. The van der Waals surface area contributed by atoms with Crippen LogP contribution in [0.25, 0.3) is 38.9 Å². The highest BCUT2D eigenvalue weighted by Crippen LogP contribution is 2.30. The molecule has 0 aliphatic rings. The van der Waals surface area contributed by atoms with Gasteiger partial charge in [0.1, 0.15) is 22.5 Å². The number of aromatic nitrogens is 5. The molecule has 0 spiro atoms. The van der Waals surface area contributed by atoms with Crippen LogP contribution in [0.15, 0.2) is 83.7 Å². The van der Waals surface area contributed by atoms with Crippen molar-refractivity contribution in [1.82, 2.24) is 24.1 Å². The molecule has 0 fully saturated rings. The van der Waals surface area contributed by atoms with Crippen molar-refractivity contribution in [3.63, 3.8) is 0 Å². The first-order valence-electron chi connectivity index (χ1n) is 11.6. The van der Waals surface area contributed by atoms with Crippen LogP contribution in [0.4, 0.5) is 0 Å². The standard InChI is InChI=1S/C28H23N5O2/c1-3-23-31-26-24(28(34)32(23)17-18-10-5-4-6-11-18)25-27(30-22-15-8-7-14-21(22)29-25)33(26)19-12-9-13-20(16-19)35-2/h4-16H,3,17H2,1-2H3. The van der Waals surface area contributed by atoms with Gasteiger partial charge in [0.25, 0.3) is 5.56 Å². The van der Waals surface area contributed by atoms with Gasteiger partial charge >= 0.3 is 0 Å². The van der Waals surface area contributed by atoms with Crippen LogP contribution >= 0.6 is 0 Å². The highest BCUT2D eigenvalue weighted by atomic mass is 16.5. The molecule has 0 bridgehead atoms. The van der Waals surface area contributed by atoms with Crippen molar-refractivity contribution < 1.29 is 4.74 Å². The van der Waals surface area contributed by atoms with Gasteiger partial charge in [-0.1, -0.05) is 55.5 Å². The van der Waals surface area contributed by atoms with E-state index in [4.69, 9.17) is 19.7 Å². The molecule has 7 nitrogen and oxygen atoms in total. The van der Waals surface area contributed by atoms with Crippen LogP contribution in [0, 0.1) is 0 Å². The lowest BCUT2D eigenvalue weighted by atomic mass is 10.2. The minimum absolute atomic E-state index is 0.119. The van der Waals surface area contributed by atoms with Crippen molar-refractivity contribution in [3.8, 4) is 11.4 Å². The summed E-state index contributed by atoms with van der Waals surface area (Å²) in [5, 5.41) is 0.467. The Bertz CT molecular complexity index is 1770. The molecule has 172 valence electrons. The summed E-state index contributed by atoms with van der Waals surface area (Å²) < 4.78 is 9.14. The van der Waals surface area contributed by atoms with E-state index in [1.807, 2.05) is 90.4 Å². The average Bonchev–Trinajstić information content (AvgIpc) is 3.22. The Morgan fingerprint density at radius 2 is 1.57 bits per heavy atom. The summed E-state index contributed by atoms with van der Waals surface area (Å²) in [5.74, 6) is 1.42. The van der Waals surface area contributed by atoms with Crippen molar-refractivity contribution in [2.75, 3.05) is 7.11 Å². The normalized spacial score (nSPS) is 11.5. The lowest BCUT2D eigenvalue weighted by molar-refractivity contribution is 0.414. The average molecular weight is 462 g/mol. The fourth-order valence-electron chi connectivity index (χ4n) is 4.56. The Labute approximate surface area is 201 Å². The molecule has 6 rings (SSSR count). The Hall–Kier alpha value is -4.52. The second-order valence-corrected chi connectivity index (χ2v) is 8.38. The molecule has 0 aliphatic carbocycles. The third-order valence-corrected chi connectivity index (χ3v) is 6.25. The van der Waals surface area contributed by atoms with Crippen LogP contribution in [0.1, 0.15) is 18.3 Å². The van der Waals surface area contributed by atoms with Gasteiger partial charge in [0.05, 0.1) is 30.4 Å². The fourth-order valence-corrected chi connectivity index (χ4v) is 4.56. The molecule has 3 aromatic carbocycles. The summed E-state index contributed by atoms with van der Waals surface area (Å²) in [7, 11) is 1.63. The van der Waals surface area contributed by atoms with Gasteiger partial charge in [-0.3, -0.25) is 13.9 Å². The topological polar surface area (TPSA) is 74.8 Å². The second kappa shape index (κ2) is 8.36. The van der Waals surface area contributed by atoms with Crippen LogP contribution in [-0.2, 0) is 13.0 Å². The number of aryl methyl sites for hydroxylation is 1. The number of hydrogen-bond donors (Lipinski definition) is 0. The van der Waals surface area contributed by atoms with E-state index < -0.39 is 0 Å². The Morgan fingerprint density at radius 3 is 2.31 bits per heavy atom. The largest absolute Gasteiger partial charge is 0.497 e. The molecule has 0 amide bonds. The molecule has 0 radical (unpaired) electrons. The lowest BCUT2D eigenvalue weighted by Crippen LogP contribution is -2.26. The van der Waals surface area contributed by atoms with Crippen LogP contribution in [-0.4, -0.2) is 31.2 Å². The number of fused-ring (bicyclic) bond motifs is 4. The molecule has 0 unspecified atom stereocenters. The minimum atomic E-state index is -0.119. The van der Waals surface area contributed by atoms with E-state index in [0.29, 0.717) is 46.7 Å². The number of para-hydroxylation sites is 2. The highest BCUT2D eigenvalue weighted by molar-refractivity contribution is 6.05. The number of nitrogens with zero attached hydrogens (tertiary/aromatic N) is 5. The number of benzene rings is 3. The summed E-state index contributed by atoms with van der Waals surface area (Å²) in [6.07, 6.45) is 0.612. The van der Waals surface area contributed by atoms with Gasteiger partial charge in [-0.05, 0) is 29.8 Å². The van der Waals surface area contributed by atoms with Crippen LogP contribution in [0.3, 0.4) is 0 Å². The molecule has 0 saturated heterocycles. The first kappa shape index (κ1) is 21.0. The summed E-state index contributed by atoms with van der Waals surface area (Å²) in [6, 6.07) is 25.3. The third-order valence-electron chi connectivity index (χ3n) is 6.25. The summed E-state index contributed by atoms with van der Waals surface area (Å²) >= 11 is 0. The zero-order valence-electron chi connectivity index (χ0n) is 19.5. The molecule has 3 heterocycles. The first-order chi connectivity index (χ1) is 17.2. The van der Waals surface area contributed by atoms with Crippen molar-refractivity contribution in [2.45, 2.75) is 19.9 Å². The number of methoxy groups -OCH3 is 1. The molecule has 0 saturated carbocycles. The SMILES string of the molecule is CCc1nc2c(c(=O)n1Cc1ccccc1)c1nc3ccccc3nc1n2-c1cccc(OC)c1. The zero-order chi connectivity index (χ0) is 23.9. The molecule has 0 atom stereocenters. The zero-order valence-corrected chi connectivity index (χ0v) is 19.5. The first-order valence-corrected chi connectivity index (χ1v) is 11.6. The Morgan fingerprint density at radius 1 is 0.829 bits per heavy atom. The van der Waals surface area contributed by atoms with Crippen LogP contribution in [0.2, 0.25) is 0 Å². The molecule has 6 aromatic rings. The molecule has 0 aliphatic heterocycles. The molecular formula is C28H23N5O2. The third kappa shape index (κ3) is 3.44. The molecule has 35 heavy (non-hydrogen) atoms. The predicted octanol–water partition coefficient (Wildman–Crippen LogP) is 4.90. The summed E-state index contributed by atoms with van der Waals surface area (Å²) in [4.78, 5) is 28.9. The number of ether oxygens (including phenoxy) is 1. The maximum absolute atomic E-state index is 14.0. The van der Waals surface area contributed by atoms with Crippen molar-refractivity contribution in [1.29, 1.82) is 0 Å². The van der Waals surface area contributed by atoms with E-state index in [1.165, 1.54) is 0 Å². The monoisotopic (exact) mass is 461 g/mol. The second-order valence-electron chi connectivity index (χ2n) is 8.38. The van der Waals surface area contributed by atoms with Gasteiger partial charge in [-0.15, -0.1) is 0 Å². The van der Waals surface area contributed by atoms with E-state index >= 15 is 0 Å². The van der Waals surface area contributed by atoms with E-state index in [0.717, 1.165) is 22.3 Å². The Balaban J connectivity index is 1.75. The highest BCUT2D eigenvalue weighted by Gasteiger charge is 2.23. The molecular weight excluding hydrogens is 438 g/mol. The molecule has 7 heteroatoms. The molecule has 0 N–H and O–H groups in total. The predicted molar refractivity (Wildman–Crippen MR) is 137 cm³/mol. The van der Waals surface area contributed by atoms with Gasteiger partial charge in [0.15, 0.2) is 11.3 Å².